The second-order valence-corrected chi connectivity index (χ2v) is 1.16. The summed E-state index contributed by atoms with van der Waals surface area (Å²) >= 11 is -3.94. The van der Waals surface area contributed by atoms with E-state index in [9.17, 15) is 0 Å². The molecule has 0 fully saturated rings. The molecule has 0 amide bonds. The maximum atomic E-state index is 8.56. The molecule has 0 heterocycles. The molecule has 3 nitrogen and oxygen atoms in total. The molecule has 28 valence electrons. The molecule has 0 rings (SSSR count). The van der Waals surface area contributed by atoms with E-state index in [0.717, 1.165) is 0 Å². The fourth-order valence-corrected chi connectivity index (χ4v) is 0. The first-order valence-corrected chi connectivity index (χ1v) is 2.85. The molecule has 0 N–H and O–H groups in total. The van der Waals surface area contributed by atoms with E-state index in [1.54, 1.807) is 0 Å². The Hall–Kier alpha value is 1.70. The summed E-state index contributed by atoms with van der Waals surface area (Å²) in [6.45, 7) is 0. The van der Waals surface area contributed by atoms with Gasteiger partial charge < -0.3 is 0 Å². The van der Waals surface area contributed by atoms with E-state index < -0.39 is 15.7 Å². The van der Waals surface area contributed by atoms with Crippen molar-refractivity contribution < 1.29 is 12.3 Å². The third kappa shape index (κ3) is 27.0. The molecule has 0 aliphatic heterocycles. The van der Waals surface area contributed by atoms with Crippen molar-refractivity contribution >= 4 is 53.4 Å². The van der Waals surface area contributed by atoms with Crippen LogP contribution in [0.3, 0.4) is 0 Å². The van der Waals surface area contributed by atoms with Crippen molar-refractivity contribution in [3.63, 3.8) is 0 Å². The Morgan fingerprint density at radius 1 is 1.00 bits per heavy atom. The topological polar surface area (TPSA) is 69.2 Å². The fourth-order valence-electron chi connectivity index (χ4n) is 0. The Balaban J connectivity index is 0. The molecule has 5 heavy (non-hydrogen) atoms. The monoisotopic (exact) mass is 163 g/mol. The van der Waals surface area contributed by atoms with Crippen LogP contribution in [0.4, 0.5) is 0 Å². The van der Waals surface area contributed by atoms with Gasteiger partial charge in [-0.25, -0.2) is 0 Å². The van der Waals surface area contributed by atoms with Crippen molar-refractivity contribution in [2.45, 2.75) is 0 Å². The van der Waals surface area contributed by atoms with Crippen LogP contribution in [0.15, 0.2) is 0 Å². The van der Waals surface area contributed by atoms with E-state index in [1.807, 2.05) is 0 Å². The Bertz CT molecular complexity index is 11.6. The van der Waals surface area contributed by atoms with Crippen molar-refractivity contribution in [3.05, 3.63) is 0 Å². The standard InChI is InChI=1S/AsO3.Ca/c2-1(3)4;/q-3;. The summed E-state index contributed by atoms with van der Waals surface area (Å²) in [7, 11) is 0. The third-order valence-corrected chi connectivity index (χ3v) is 0. The summed E-state index contributed by atoms with van der Waals surface area (Å²) in [5.41, 5.74) is 0. The first-order chi connectivity index (χ1) is 1.73. The molecule has 0 aromatic rings. The average molecular weight is 163 g/mol. The zero-order valence-electron chi connectivity index (χ0n) is 2.38. The predicted octanol–water partition coefficient (Wildman–Crippen LogP) is -4.33. The molecule has 0 aromatic carbocycles. The summed E-state index contributed by atoms with van der Waals surface area (Å²) in [6, 6.07) is 0. The average Bonchev–Trinajstić information content (AvgIpc) is 0.811. The molecule has 0 aliphatic rings. The van der Waals surface area contributed by atoms with Gasteiger partial charge in [0.25, 0.3) is 0 Å². The van der Waals surface area contributed by atoms with E-state index in [0.29, 0.717) is 0 Å². The van der Waals surface area contributed by atoms with Gasteiger partial charge in [0.2, 0.25) is 0 Å². The Kier molecular flexibility index (Phi) is 11.2. The van der Waals surface area contributed by atoms with Gasteiger partial charge >= 0.3 is 28.0 Å². The van der Waals surface area contributed by atoms with Gasteiger partial charge in [0.15, 0.2) is 0 Å². The normalized spacial score (nSPS) is 7.20. The predicted molar refractivity (Wildman–Crippen MR) is 11.5 cm³/mol. The fraction of sp³-hybridized carbons (Fsp3) is 0. The molecular formula is AsCaO3-3. The minimum atomic E-state index is -3.94. The molecule has 0 bridgehead atoms. The minimum absolute atomic E-state index is 0. The molecular weight excluding hydrogens is 163 g/mol. The first kappa shape index (κ1) is 9.85. The summed E-state index contributed by atoms with van der Waals surface area (Å²) in [4.78, 5) is 0. The number of hydrogen-bond acceptors (Lipinski definition) is 3. The van der Waals surface area contributed by atoms with Gasteiger partial charge in [-0.2, -0.15) is 0 Å². The molecule has 5 heteroatoms. The molecule has 0 aromatic heterocycles. The molecule has 2 radical (unpaired) electrons. The van der Waals surface area contributed by atoms with E-state index in [1.165, 1.54) is 0 Å². The second-order valence-electron chi connectivity index (χ2n) is 0.224. The van der Waals surface area contributed by atoms with Crippen molar-refractivity contribution in [2.75, 3.05) is 0 Å². The third-order valence-electron chi connectivity index (χ3n) is 0. The quantitative estimate of drug-likeness (QED) is 0.339. The maximum absolute atomic E-state index is 8.56. The zero-order valence-corrected chi connectivity index (χ0v) is 6.46. The van der Waals surface area contributed by atoms with Crippen molar-refractivity contribution in [1.82, 2.24) is 0 Å². The van der Waals surface area contributed by atoms with Crippen LogP contribution in [0.1, 0.15) is 0 Å². The summed E-state index contributed by atoms with van der Waals surface area (Å²) < 4.78 is 25.7. The SMILES string of the molecule is [Ca].[O-][As]([O-])[O-]. The van der Waals surface area contributed by atoms with Gasteiger partial charge in [-0.15, -0.1) is 0 Å². The second kappa shape index (κ2) is 5.70. The van der Waals surface area contributed by atoms with Crippen LogP contribution in [0.25, 0.3) is 0 Å². The summed E-state index contributed by atoms with van der Waals surface area (Å²) in [6.07, 6.45) is 0. The van der Waals surface area contributed by atoms with Gasteiger partial charge in [-0.05, 0) is 0 Å². The van der Waals surface area contributed by atoms with Crippen LogP contribution in [0.5, 0.6) is 0 Å². The van der Waals surface area contributed by atoms with E-state index in [4.69, 9.17) is 12.3 Å². The molecule has 0 atom stereocenters. The number of hydrogen-bond donors (Lipinski definition) is 0. The Morgan fingerprint density at radius 3 is 1.00 bits per heavy atom. The number of rotatable bonds is 0. The van der Waals surface area contributed by atoms with Crippen molar-refractivity contribution in [1.29, 1.82) is 0 Å². The van der Waals surface area contributed by atoms with Gasteiger partial charge in [-0.1, -0.05) is 0 Å². The van der Waals surface area contributed by atoms with E-state index in [-0.39, 0.29) is 37.7 Å². The van der Waals surface area contributed by atoms with Gasteiger partial charge in [0.1, 0.15) is 0 Å². The van der Waals surface area contributed by atoms with Crippen LogP contribution in [-0.2, 0) is 0 Å². The summed E-state index contributed by atoms with van der Waals surface area (Å²) in [5.74, 6) is 0. The zero-order chi connectivity index (χ0) is 3.58. The Morgan fingerprint density at radius 2 is 1.00 bits per heavy atom. The first-order valence-electron chi connectivity index (χ1n) is 0.548. The molecule has 0 unspecified atom stereocenters. The van der Waals surface area contributed by atoms with Gasteiger partial charge in [-0.3, -0.25) is 0 Å². The van der Waals surface area contributed by atoms with Crippen LogP contribution in [-0.4, -0.2) is 53.4 Å². The van der Waals surface area contributed by atoms with Crippen LogP contribution in [0, 0.1) is 0 Å². The van der Waals surface area contributed by atoms with E-state index in [2.05, 4.69) is 0 Å². The molecule has 0 spiro atoms. The van der Waals surface area contributed by atoms with Crippen LogP contribution in [0.2, 0.25) is 0 Å². The van der Waals surface area contributed by atoms with Crippen molar-refractivity contribution in [3.8, 4) is 0 Å². The molecule has 0 saturated heterocycles. The molecule has 0 saturated carbocycles. The van der Waals surface area contributed by atoms with Crippen LogP contribution < -0.4 is 12.3 Å². The molecule has 0 aliphatic carbocycles. The van der Waals surface area contributed by atoms with Crippen molar-refractivity contribution in [2.24, 2.45) is 0 Å². The Labute approximate surface area is 64.9 Å². The van der Waals surface area contributed by atoms with E-state index >= 15 is 0 Å². The van der Waals surface area contributed by atoms with Crippen LogP contribution >= 0.6 is 0 Å². The van der Waals surface area contributed by atoms with Gasteiger partial charge in [0, 0.05) is 37.7 Å². The summed E-state index contributed by atoms with van der Waals surface area (Å²) in [5, 5.41) is 0. The van der Waals surface area contributed by atoms with Gasteiger partial charge in [0.05, 0.1) is 0 Å².